The second-order valence-corrected chi connectivity index (χ2v) is 10.4. The molecule has 0 radical (unpaired) electrons. The number of amides is 1. The summed E-state index contributed by atoms with van der Waals surface area (Å²) < 4.78 is 64.6. The first-order chi connectivity index (χ1) is 16.9. The molecule has 0 spiro atoms. The number of hydrogen-bond donors (Lipinski definition) is 2. The molecule has 13 heteroatoms. The summed E-state index contributed by atoms with van der Waals surface area (Å²) in [6.07, 6.45) is 1.89. The third-order valence-electron chi connectivity index (χ3n) is 5.45. The van der Waals surface area contributed by atoms with Gasteiger partial charge >= 0.3 is 0 Å². The number of aliphatic imine (C=N–C) groups is 1. The van der Waals surface area contributed by atoms with Crippen LogP contribution < -0.4 is 15.8 Å². The van der Waals surface area contributed by atoms with Crippen LogP contribution in [-0.4, -0.2) is 59.1 Å². The van der Waals surface area contributed by atoms with E-state index < -0.39 is 28.2 Å². The number of anilines is 1. The summed E-state index contributed by atoms with van der Waals surface area (Å²) in [5.41, 5.74) is 5.74. The van der Waals surface area contributed by atoms with Crippen molar-refractivity contribution in [2.75, 3.05) is 32.7 Å². The number of thioether (sulfide) groups is 1. The minimum Gasteiger partial charge on any atom is -0.476 e. The summed E-state index contributed by atoms with van der Waals surface area (Å²) >= 11 is 1.17. The molecule has 36 heavy (non-hydrogen) atoms. The molecule has 0 saturated heterocycles. The molecule has 1 aliphatic rings. The number of nitrogens with zero attached hydrogens (tertiary/aromatic N) is 3. The maximum absolute atomic E-state index is 14.6. The van der Waals surface area contributed by atoms with E-state index in [-0.39, 0.29) is 66.4 Å². The Labute approximate surface area is 210 Å². The third kappa shape index (κ3) is 7.29. The molecule has 2 aromatic rings. The minimum absolute atomic E-state index is 0.0117. The molecule has 1 aromatic carbocycles. The zero-order chi connectivity index (χ0) is 26.5. The normalized spacial score (nSPS) is 17.2. The van der Waals surface area contributed by atoms with Crippen LogP contribution in [0.3, 0.4) is 0 Å². The van der Waals surface area contributed by atoms with Gasteiger partial charge < -0.3 is 20.5 Å². The summed E-state index contributed by atoms with van der Waals surface area (Å²) in [6, 6.07) is 2.18. The van der Waals surface area contributed by atoms with Crippen LogP contribution >= 0.6 is 11.8 Å². The zero-order valence-corrected chi connectivity index (χ0v) is 20.8. The Hall–Kier alpha value is -2.93. The number of hydrogen-bond acceptors (Lipinski definition) is 7. The molecule has 3 N–H and O–H groups in total. The smallest absolute Gasteiger partial charge is 0.275 e. The molecule has 0 aliphatic heterocycles. The Morgan fingerprint density at radius 3 is 2.61 bits per heavy atom. The van der Waals surface area contributed by atoms with Crippen molar-refractivity contribution in [1.29, 1.82) is 0 Å². The summed E-state index contributed by atoms with van der Waals surface area (Å²) in [7, 11) is 3.00. The molecule has 1 heterocycles. The highest BCUT2D eigenvalue weighted by molar-refractivity contribution is 8.15. The van der Waals surface area contributed by atoms with Gasteiger partial charge in [0, 0.05) is 49.4 Å². The van der Waals surface area contributed by atoms with Crippen LogP contribution in [-0.2, 0) is 11.2 Å². The summed E-state index contributed by atoms with van der Waals surface area (Å²) in [5.74, 6) is -5.71. The van der Waals surface area contributed by atoms with Gasteiger partial charge in [-0.3, -0.25) is 9.79 Å². The quantitative estimate of drug-likeness (QED) is 0.271. The lowest BCUT2D eigenvalue weighted by molar-refractivity contribution is -0.119. The molecular formula is C23H27F4N5O3S. The predicted octanol–water partition coefficient (Wildman–Crippen LogP) is 4.06. The van der Waals surface area contributed by atoms with Crippen molar-refractivity contribution in [3.05, 3.63) is 47.4 Å². The lowest BCUT2D eigenvalue weighted by atomic mass is 9.82. The summed E-state index contributed by atoms with van der Waals surface area (Å²) in [5, 5.41) is 2.74. The highest BCUT2D eigenvalue weighted by Crippen LogP contribution is 2.42. The second kappa shape index (κ2) is 11.4. The van der Waals surface area contributed by atoms with Crippen LogP contribution in [0.1, 0.15) is 35.8 Å². The van der Waals surface area contributed by atoms with Crippen molar-refractivity contribution in [3.63, 3.8) is 0 Å². The lowest BCUT2D eigenvalue weighted by Crippen LogP contribution is -2.38. The SMILES string of the molecule is CN=C(N)S[C@@](C)(COC)Cc1cc(NC(=O)c2cnc(OCC3CC(F)(F)C3)cn2)cc(F)c1F. The first-order valence-corrected chi connectivity index (χ1v) is 11.8. The molecule has 8 nitrogen and oxygen atoms in total. The minimum atomic E-state index is -2.64. The van der Waals surface area contributed by atoms with Gasteiger partial charge in [0.25, 0.3) is 5.91 Å². The fraction of sp³-hybridized carbons (Fsp3) is 0.478. The molecule has 196 valence electrons. The summed E-state index contributed by atoms with van der Waals surface area (Å²) in [4.78, 5) is 24.4. The number of rotatable bonds is 10. The Morgan fingerprint density at radius 2 is 2.03 bits per heavy atom. The standard InChI is InChI=1S/C23H27F4N5O3S/c1-22(12-34-3,36-21(28)29-2)8-14-4-15(5-16(24)19(14)25)32-20(33)17-9-31-18(10-30-17)35-11-13-6-23(26,27)7-13/h4-5,9-10,13H,6-8,11-12H2,1-3H3,(H2,28,29)(H,32,33)/t22-/m1/s1. The van der Waals surface area contributed by atoms with E-state index in [1.54, 1.807) is 6.92 Å². The monoisotopic (exact) mass is 529 g/mol. The maximum atomic E-state index is 14.6. The van der Waals surface area contributed by atoms with Crippen molar-refractivity contribution in [3.8, 4) is 5.88 Å². The van der Waals surface area contributed by atoms with Gasteiger partial charge in [0.1, 0.15) is 5.69 Å². The van der Waals surface area contributed by atoms with Crippen molar-refractivity contribution < 1.29 is 31.8 Å². The molecule has 1 aromatic heterocycles. The van der Waals surface area contributed by atoms with Gasteiger partial charge in [0.15, 0.2) is 16.8 Å². The van der Waals surface area contributed by atoms with Gasteiger partial charge in [-0.05, 0) is 25.0 Å². The largest absolute Gasteiger partial charge is 0.476 e. The lowest BCUT2D eigenvalue weighted by Gasteiger charge is -2.34. The number of ether oxygens (including phenoxy) is 2. The molecule has 1 saturated carbocycles. The van der Waals surface area contributed by atoms with Crippen LogP contribution in [0.5, 0.6) is 5.88 Å². The van der Waals surface area contributed by atoms with E-state index in [1.807, 2.05) is 0 Å². The Kier molecular flexibility index (Phi) is 8.77. The number of carbonyl (C=O) groups excluding carboxylic acids is 1. The number of aromatic nitrogens is 2. The van der Waals surface area contributed by atoms with Gasteiger partial charge in [0.2, 0.25) is 11.8 Å². The molecule has 0 unspecified atom stereocenters. The highest BCUT2D eigenvalue weighted by Gasteiger charge is 2.45. The third-order valence-corrected chi connectivity index (χ3v) is 6.60. The van der Waals surface area contributed by atoms with Gasteiger partial charge in [-0.25, -0.2) is 27.5 Å². The van der Waals surface area contributed by atoms with Gasteiger partial charge in [-0.15, -0.1) is 0 Å². The van der Waals surface area contributed by atoms with Crippen LogP contribution in [0.25, 0.3) is 0 Å². The maximum Gasteiger partial charge on any atom is 0.275 e. The van der Waals surface area contributed by atoms with Crippen molar-refractivity contribution in [1.82, 2.24) is 9.97 Å². The van der Waals surface area contributed by atoms with E-state index >= 15 is 0 Å². The van der Waals surface area contributed by atoms with Gasteiger partial charge in [0.05, 0.1) is 25.6 Å². The van der Waals surface area contributed by atoms with E-state index in [0.29, 0.717) is 0 Å². The number of benzene rings is 1. The first-order valence-electron chi connectivity index (χ1n) is 11.0. The van der Waals surface area contributed by atoms with Crippen LogP contribution in [0.4, 0.5) is 23.2 Å². The van der Waals surface area contributed by atoms with E-state index in [1.165, 1.54) is 38.2 Å². The van der Waals surface area contributed by atoms with Crippen molar-refractivity contribution in [2.45, 2.75) is 36.9 Å². The fourth-order valence-corrected chi connectivity index (χ4v) is 4.78. The molecule has 1 aliphatic carbocycles. The number of nitrogens with two attached hydrogens (primary N) is 1. The Bertz CT molecular complexity index is 1110. The van der Waals surface area contributed by atoms with E-state index in [9.17, 15) is 22.4 Å². The number of amidine groups is 1. The zero-order valence-electron chi connectivity index (χ0n) is 20.0. The second-order valence-electron chi connectivity index (χ2n) is 8.79. The molecule has 0 bridgehead atoms. The van der Waals surface area contributed by atoms with Gasteiger partial charge in [-0.1, -0.05) is 11.8 Å². The molecule has 3 rings (SSSR count). The number of carbonyl (C=O) groups is 1. The first kappa shape index (κ1) is 27.7. The van der Waals surface area contributed by atoms with Crippen LogP contribution in [0.15, 0.2) is 29.5 Å². The van der Waals surface area contributed by atoms with E-state index in [0.717, 1.165) is 12.3 Å². The average Bonchev–Trinajstić information content (AvgIpc) is 2.79. The highest BCUT2D eigenvalue weighted by atomic mass is 32.2. The Balaban J connectivity index is 1.67. The molecule has 1 fully saturated rings. The van der Waals surface area contributed by atoms with E-state index in [2.05, 4.69) is 20.3 Å². The van der Waals surface area contributed by atoms with Crippen molar-refractivity contribution in [2.24, 2.45) is 16.6 Å². The number of halogens is 4. The topological polar surface area (TPSA) is 112 Å². The average molecular weight is 530 g/mol. The predicted molar refractivity (Wildman–Crippen MR) is 129 cm³/mol. The number of methoxy groups -OCH3 is 1. The Morgan fingerprint density at radius 1 is 1.31 bits per heavy atom. The van der Waals surface area contributed by atoms with E-state index in [4.69, 9.17) is 15.2 Å². The fourth-order valence-electron chi connectivity index (χ4n) is 3.78. The van der Waals surface area contributed by atoms with Crippen LogP contribution in [0, 0.1) is 17.6 Å². The van der Waals surface area contributed by atoms with Crippen molar-refractivity contribution >= 4 is 28.5 Å². The van der Waals surface area contributed by atoms with Gasteiger partial charge in [-0.2, -0.15) is 0 Å². The van der Waals surface area contributed by atoms with Crippen LogP contribution in [0.2, 0.25) is 0 Å². The molecule has 1 atom stereocenters. The summed E-state index contributed by atoms with van der Waals surface area (Å²) in [6.45, 7) is 2.03. The molecular weight excluding hydrogens is 502 g/mol. The number of nitrogens with one attached hydrogen (secondary N) is 1. The molecule has 1 amide bonds. The number of alkyl halides is 2.